The number of nitrogens with one attached hydrogen (secondary N) is 1. The van der Waals surface area contributed by atoms with Crippen molar-refractivity contribution in [2.45, 2.75) is 33.7 Å². The van der Waals surface area contributed by atoms with Crippen molar-refractivity contribution in [2.24, 2.45) is 5.41 Å². The van der Waals surface area contributed by atoms with E-state index in [9.17, 15) is 0 Å². The van der Waals surface area contributed by atoms with E-state index < -0.39 is 0 Å². The van der Waals surface area contributed by atoms with Gasteiger partial charge >= 0.3 is 0 Å². The van der Waals surface area contributed by atoms with Gasteiger partial charge in [-0.15, -0.1) is 36.2 Å². The van der Waals surface area contributed by atoms with Gasteiger partial charge < -0.3 is 5.32 Å². The average Bonchev–Trinajstić information content (AvgIpc) is 2.64. The van der Waals surface area contributed by atoms with Crippen molar-refractivity contribution in [3.8, 4) is 0 Å². The minimum atomic E-state index is 0. The van der Waals surface area contributed by atoms with E-state index in [0.717, 1.165) is 13.1 Å². The van der Waals surface area contributed by atoms with Crippen LogP contribution in [-0.4, -0.2) is 31.1 Å². The zero-order valence-electron chi connectivity index (χ0n) is 12.2. The summed E-state index contributed by atoms with van der Waals surface area (Å²) in [5.41, 5.74) is 0.300. The molecule has 1 aliphatic rings. The van der Waals surface area contributed by atoms with Crippen LogP contribution < -0.4 is 5.32 Å². The summed E-state index contributed by atoms with van der Waals surface area (Å²) in [4.78, 5) is 5.59. The van der Waals surface area contributed by atoms with Crippen LogP contribution in [-0.2, 0) is 0 Å². The summed E-state index contributed by atoms with van der Waals surface area (Å²) < 4.78 is 0. The third-order valence-corrected chi connectivity index (χ3v) is 4.42. The van der Waals surface area contributed by atoms with E-state index in [1.54, 1.807) is 0 Å². The quantitative estimate of drug-likeness (QED) is 0.887. The SMILES string of the molecule is Cc1ccc([C@H](N2CCNCC2)C(C)(C)C)s1.Cl.Cl. The number of hydrogen-bond acceptors (Lipinski definition) is 3. The normalized spacial score (nSPS) is 18.3. The second kappa shape index (κ2) is 7.84. The lowest BCUT2D eigenvalue weighted by molar-refractivity contribution is 0.0888. The number of aryl methyl sites for hydroxylation is 1. The van der Waals surface area contributed by atoms with Gasteiger partial charge in [0.25, 0.3) is 0 Å². The summed E-state index contributed by atoms with van der Waals surface area (Å²) in [6, 6.07) is 5.13. The largest absolute Gasteiger partial charge is 0.314 e. The molecule has 0 bridgehead atoms. The Morgan fingerprint density at radius 3 is 2.16 bits per heavy atom. The number of thiophene rings is 1. The van der Waals surface area contributed by atoms with Crippen molar-refractivity contribution < 1.29 is 0 Å². The van der Waals surface area contributed by atoms with Crippen LogP contribution in [0.25, 0.3) is 0 Å². The molecule has 5 heteroatoms. The molecule has 2 rings (SSSR count). The number of nitrogens with zero attached hydrogens (tertiary/aromatic N) is 1. The molecule has 1 N–H and O–H groups in total. The summed E-state index contributed by atoms with van der Waals surface area (Å²) in [7, 11) is 0. The van der Waals surface area contributed by atoms with Crippen LogP contribution in [0.3, 0.4) is 0 Å². The third-order valence-electron chi connectivity index (χ3n) is 3.37. The molecule has 112 valence electrons. The van der Waals surface area contributed by atoms with E-state index in [-0.39, 0.29) is 24.8 Å². The van der Waals surface area contributed by atoms with Gasteiger partial charge in [0.15, 0.2) is 0 Å². The monoisotopic (exact) mass is 324 g/mol. The molecule has 2 heterocycles. The minimum Gasteiger partial charge on any atom is -0.314 e. The molecule has 0 radical (unpaired) electrons. The lowest BCUT2D eigenvalue weighted by atomic mass is 9.84. The maximum absolute atomic E-state index is 3.44. The standard InChI is InChI=1S/C14H24N2S.2ClH/c1-11-5-6-12(17-11)13(14(2,3)4)16-9-7-15-8-10-16;;/h5-6,13,15H,7-10H2,1-4H3;2*1H/t13-;;/m0../s1. The van der Waals surface area contributed by atoms with Crippen LogP contribution in [0.2, 0.25) is 0 Å². The molecule has 2 nitrogen and oxygen atoms in total. The Bertz CT molecular complexity index is 368. The molecule has 0 aromatic carbocycles. The summed E-state index contributed by atoms with van der Waals surface area (Å²) in [6.45, 7) is 13.8. The molecule has 0 amide bonds. The van der Waals surface area contributed by atoms with Gasteiger partial charge in [0.2, 0.25) is 0 Å². The molecular weight excluding hydrogens is 299 g/mol. The van der Waals surface area contributed by atoms with Crippen LogP contribution in [0, 0.1) is 12.3 Å². The van der Waals surface area contributed by atoms with Crippen molar-refractivity contribution in [3.63, 3.8) is 0 Å². The highest BCUT2D eigenvalue weighted by atomic mass is 35.5. The molecule has 1 aromatic rings. The molecule has 0 unspecified atom stereocenters. The van der Waals surface area contributed by atoms with Crippen molar-refractivity contribution in [3.05, 3.63) is 21.9 Å². The minimum absolute atomic E-state index is 0. The van der Waals surface area contributed by atoms with Crippen LogP contribution >= 0.6 is 36.2 Å². The van der Waals surface area contributed by atoms with Gasteiger partial charge in [0.1, 0.15) is 0 Å². The number of halogens is 2. The fraction of sp³-hybridized carbons (Fsp3) is 0.714. The van der Waals surface area contributed by atoms with E-state index >= 15 is 0 Å². The van der Waals surface area contributed by atoms with Crippen molar-refractivity contribution >= 4 is 36.2 Å². The predicted molar refractivity (Wildman–Crippen MR) is 90.2 cm³/mol. The van der Waals surface area contributed by atoms with Gasteiger partial charge in [0.05, 0.1) is 0 Å². The Balaban J connectivity index is 0.00000162. The number of hydrogen-bond donors (Lipinski definition) is 1. The first kappa shape index (κ1) is 19.2. The molecular formula is C14H26Cl2N2S. The number of rotatable bonds is 2. The highest BCUT2D eigenvalue weighted by molar-refractivity contribution is 7.12. The zero-order chi connectivity index (χ0) is 12.5. The molecule has 1 aromatic heterocycles. The lowest BCUT2D eigenvalue weighted by Gasteiger charge is -2.41. The molecule has 1 fully saturated rings. The molecule has 0 spiro atoms. The topological polar surface area (TPSA) is 15.3 Å². The molecule has 0 saturated carbocycles. The zero-order valence-corrected chi connectivity index (χ0v) is 14.7. The van der Waals surface area contributed by atoms with Crippen LogP contribution in [0.15, 0.2) is 12.1 Å². The Hall–Kier alpha value is 0.200. The van der Waals surface area contributed by atoms with E-state index in [2.05, 4.69) is 50.0 Å². The third kappa shape index (κ3) is 4.91. The smallest absolute Gasteiger partial charge is 0.0490 e. The van der Waals surface area contributed by atoms with E-state index in [1.807, 2.05) is 11.3 Å². The summed E-state index contributed by atoms with van der Waals surface area (Å²) in [5.74, 6) is 0. The molecule has 0 aliphatic carbocycles. The summed E-state index contributed by atoms with van der Waals surface area (Å²) in [5, 5.41) is 3.44. The predicted octanol–water partition coefficient (Wildman–Crippen LogP) is 3.89. The van der Waals surface area contributed by atoms with Crippen LogP contribution in [0.4, 0.5) is 0 Å². The second-order valence-corrected chi connectivity index (χ2v) is 7.32. The van der Waals surface area contributed by atoms with Crippen LogP contribution in [0.5, 0.6) is 0 Å². The average molecular weight is 325 g/mol. The second-order valence-electron chi connectivity index (χ2n) is 6.00. The Morgan fingerprint density at radius 1 is 1.16 bits per heavy atom. The maximum atomic E-state index is 3.44. The Labute approximate surface area is 133 Å². The van der Waals surface area contributed by atoms with E-state index in [1.165, 1.54) is 22.8 Å². The van der Waals surface area contributed by atoms with Gasteiger partial charge in [-0.3, -0.25) is 4.90 Å². The molecule has 19 heavy (non-hydrogen) atoms. The lowest BCUT2D eigenvalue weighted by Crippen LogP contribution is -2.48. The van der Waals surface area contributed by atoms with Gasteiger partial charge in [-0.2, -0.15) is 0 Å². The first-order chi connectivity index (χ1) is 7.98. The van der Waals surface area contributed by atoms with Crippen molar-refractivity contribution in [1.29, 1.82) is 0 Å². The van der Waals surface area contributed by atoms with Gasteiger partial charge in [-0.1, -0.05) is 20.8 Å². The molecule has 1 atom stereocenters. The summed E-state index contributed by atoms with van der Waals surface area (Å²) in [6.07, 6.45) is 0. The Kier molecular flexibility index (Phi) is 7.93. The van der Waals surface area contributed by atoms with E-state index in [0.29, 0.717) is 11.5 Å². The van der Waals surface area contributed by atoms with Gasteiger partial charge in [0, 0.05) is 42.0 Å². The van der Waals surface area contributed by atoms with Crippen molar-refractivity contribution in [1.82, 2.24) is 10.2 Å². The maximum Gasteiger partial charge on any atom is 0.0490 e. The van der Waals surface area contributed by atoms with Gasteiger partial charge in [-0.25, -0.2) is 0 Å². The number of piperazine rings is 1. The summed E-state index contributed by atoms with van der Waals surface area (Å²) >= 11 is 1.95. The van der Waals surface area contributed by atoms with Crippen LogP contribution in [0.1, 0.15) is 36.6 Å². The molecule has 1 saturated heterocycles. The Morgan fingerprint density at radius 2 is 1.74 bits per heavy atom. The molecule has 1 aliphatic heterocycles. The highest BCUT2D eigenvalue weighted by Gasteiger charge is 2.33. The fourth-order valence-corrected chi connectivity index (χ4v) is 3.95. The fourth-order valence-electron chi connectivity index (χ4n) is 2.70. The van der Waals surface area contributed by atoms with Gasteiger partial charge in [-0.05, 0) is 24.5 Å². The van der Waals surface area contributed by atoms with Crippen molar-refractivity contribution in [2.75, 3.05) is 26.2 Å². The first-order valence-corrected chi connectivity index (χ1v) is 7.31. The van der Waals surface area contributed by atoms with E-state index in [4.69, 9.17) is 0 Å². The first-order valence-electron chi connectivity index (χ1n) is 6.49. The highest BCUT2D eigenvalue weighted by Crippen LogP contribution is 2.40.